The molecule has 3 heteroatoms. The van der Waals surface area contributed by atoms with Crippen molar-refractivity contribution < 1.29 is 0 Å². The van der Waals surface area contributed by atoms with Crippen molar-refractivity contribution in [3.8, 4) is 0 Å². The molecule has 0 spiro atoms. The van der Waals surface area contributed by atoms with Gasteiger partial charge in [0.15, 0.2) is 0 Å². The third kappa shape index (κ3) is 3.02. The Morgan fingerprint density at radius 3 is 2.37 bits per heavy atom. The molecule has 0 saturated carbocycles. The largest absolute Gasteiger partial charge is 0.309 e. The highest BCUT2D eigenvalue weighted by Crippen LogP contribution is 2.32. The van der Waals surface area contributed by atoms with E-state index in [0.29, 0.717) is 0 Å². The molecule has 0 aliphatic carbocycles. The molecule has 2 aromatic carbocycles. The maximum absolute atomic E-state index is 6.18. The first-order valence-electron chi connectivity index (χ1n) is 6.23. The van der Waals surface area contributed by atoms with Gasteiger partial charge in [-0.25, -0.2) is 0 Å². The van der Waals surface area contributed by atoms with Gasteiger partial charge in [0.2, 0.25) is 0 Å². The first-order valence-corrected chi connectivity index (χ1v) is 7.40. The van der Waals surface area contributed by atoms with Gasteiger partial charge in [0, 0.05) is 9.50 Å². The number of aryl methyl sites for hydroxylation is 2. The van der Waals surface area contributed by atoms with Gasteiger partial charge in [-0.2, -0.15) is 0 Å². The van der Waals surface area contributed by atoms with Crippen molar-refractivity contribution >= 4 is 27.5 Å². The number of rotatable bonds is 3. The molecular formula is C16H17BrClN. The van der Waals surface area contributed by atoms with Crippen molar-refractivity contribution in [2.24, 2.45) is 0 Å². The average Bonchev–Trinajstić information content (AvgIpc) is 2.38. The molecule has 0 aliphatic rings. The summed E-state index contributed by atoms with van der Waals surface area (Å²) in [5.74, 6) is 0. The summed E-state index contributed by atoms with van der Waals surface area (Å²) in [5, 5.41) is 4.21. The summed E-state index contributed by atoms with van der Waals surface area (Å²) >= 11 is 9.81. The van der Waals surface area contributed by atoms with Crippen LogP contribution in [0.15, 0.2) is 40.9 Å². The maximum Gasteiger partial charge on any atom is 0.0588 e. The highest BCUT2D eigenvalue weighted by molar-refractivity contribution is 9.10. The van der Waals surface area contributed by atoms with Crippen LogP contribution >= 0.6 is 27.5 Å². The van der Waals surface area contributed by atoms with Crippen LogP contribution in [0.5, 0.6) is 0 Å². The first-order chi connectivity index (χ1) is 9.04. The molecule has 1 N–H and O–H groups in total. The Bertz CT molecular complexity index is 595. The van der Waals surface area contributed by atoms with E-state index >= 15 is 0 Å². The van der Waals surface area contributed by atoms with Crippen molar-refractivity contribution in [2.45, 2.75) is 19.9 Å². The summed E-state index contributed by atoms with van der Waals surface area (Å²) in [7, 11) is 1.98. The lowest BCUT2D eigenvalue weighted by Gasteiger charge is -2.21. The van der Waals surface area contributed by atoms with E-state index in [-0.39, 0.29) is 6.04 Å². The van der Waals surface area contributed by atoms with E-state index in [1.165, 1.54) is 16.7 Å². The normalized spacial score (nSPS) is 12.5. The van der Waals surface area contributed by atoms with Gasteiger partial charge in [-0.15, -0.1) is 0 Å². The Balaban J connectivity index is 2.55. The standard InChI is InChI=1S/C16H17BrClN/c1-10-9-15(18)11(2)8-13(10)16(19-3)12-6-4-5-7-14(12)17/h4-9,16,19H,1-3H3. The fraction of sp³-hybridized carbons (Fsp3) is 0.250. The smallest absolute Gasteiger partial charge is 0.0588 e. The quantitative estimate of drug-likeness (QED) is 0.828. The Labute approximate surface area is 128 Å². The van der Waals surface area contributed by atoms with E-state index in [1.54, 1.807) is 0 Å². The van der Waals surface area contributed by atoms with Gasteiger partial charge in [-0.3, -0.25) is 0 Å². The van der Waals surface area contributed by atoms with Crippen LogP contribution in [0.1, 0.15) is 28.3 Å². The van der Waals surface area contributed by atoms with E-state index in [2.05, 4.69) is 52.4 Å². The zero-order chi connectivity index (χ0) is 14.0. The molecule has 0 bridgehead atoms. The molecule has 0 aromatic heterocycles. The van der Waals surface area contributed by atoms with Crippen molar-refractivity contribution in [3.05, 3.63) is 68.1 Å². The van der Waals surface area contributed by atoms with Gasteiger partial charge in [-0.1, -0.05) is 51.8 Å². The van der Waals surface area contributed by atoms with E-state index < -0.39 is 0 Å². The Kier molecular flexibility index (Phi) is 4.67. The predicted molar refractivity (Wildman–Crippen MR) is 86.0 cm³/mol. The van der Waals surface area contributed by atoms with Crippen LogP contribution in [0.25, 0.3) is 0 Å². The van der Waals surface area contributed by atoms with E-state index in [9.17, 15) is 0 Å². The molecule has 19 heavy (non-hydrogen) atoms. The Morgan fingerprint density at radius 1 is 1.05 bits per heavy atom. The SMILES string of the molecule is CNC(c1cc(C)c(Cl)cc1C)c1ccccc1Br. The van der Waals surface area contributed by atoms with E-state index in [0.717, 1.165) is 15.1 Å². The zero-order valence-electron chi connectivity index (χ0n) is 11.3. The molecule has 1 atom stereocenters. The summed E-state index contributed by atoms with van der Waals surface area (Å²) < 4.78 is 1.11. The average molecular weight is 339 g/mol. The molecule has 0 saturated heterocycles. The summed E-state index contributed by atoms with van der Waals surface area (Å²) in [6, 6.07) is 12.6. The second-order valence-corrected chi connectivity index (χ2v) is 5.96. The van der Waals surface area contributed by atoms with Gasteiger partial charge in [0.25, 0.3) is 0 Å². The molecule has 0 amide bonds. The molecule has 2 aromatic rings. The van der Waals surface area contributed by atoms with Crippen LogP contribution in [-0.2, 0) is 0 Å². The second-order valence-electron chi connectivity index (χ2n) is 4.70. The second kappa shape index (κ2) is 6.08. The van der Waals surface area contributed by atoms with E-state index in [4.69, 9.17) is 11.6 Å². The lowest BCUT2D eigenvalue weighted by molar-refractivity contribution is 0.684. The van der Waals surface area contributed by atoms with Crippen LogP contribution in [0, 0.1) is 13.8 Å². The number of halogens is 2. The fourth-order valence-electron chi connectivity index (χ4n) is 2.30. The molecule has 0 aliphatic heterocycles. The molecule has 2 rings (SSSR count). The first kappa shape index (κ1) is 14.6. The minimum atomic E-state index is 0.159. The van der Waals surface area contributed by atoms with Crippen molar-refractivity contribution in [3.63, 3.8) is 0 Å². The molecule has 1 unspecified atom stereocenters. The Hall–Kier alpha value is -0.830. The number of hydrogen-bond donors (Lipinski definition) is 1. The highest BCUT2D eigenvalue weighted by Gasteiger charge is 2.17. The number of nitrogens with one attached hydrogen (secondary N) is 1. The Morgan fingerprint density at radius 2 is 1.74 bits per heavy atom. The van der Waals surface area contributed by atoms with Crippen LogP contribution in [-0.4, -0.2) is 7.05 Å². The van der Waals surface area contributed by atoms with Crippen molar-refractivity contribution in [1.29, 1.82) is 0 Å². The van der Waals surface area contributed by atoms with Gasteiger partial charge in [0.05, 0.1) is 6.04 Å². The number of benzene rings is 2. The molecule has 0 fully saturated rings. The molecule has 100 valence electrons. The van der Waals surface area contributed by atoms with Gasteiger partial charge >= 0.3 is 0 Å². The summed E-state index contributed by atoms with van der Waals surface area (Å²) in [6.07, 6.45) is 0. The zero-order valence-corrected chi connectivity index (χ0v) is 13.6. The van der Waals surface area contributed by atoms with Crippen molar-refractivity contribution in [2.75, 3.05) is 7.05 Å². The summed E-state index contributed by atoms with van der Waals surface area (Å²) in [4.78, 5) is 0. The molecule has 1 nitrogen and oxygen atoms in total. The highest BCUT2D eigenvalue weighted by atomic mass is 79.9. The third-order valence-electron chi connectivity index (χ3n) is 3.36. The minimum absolute atomic E-state index is 0.159. The summed E-state index contributed by atoms with van der Waals surface area (Å²) in [6.45, 7) is 4.14. The number of hydrogen-bond acceptors (Lipinski definition) is 1. The lowest BCUT2D eigenvalue weighted by Crippen LogP contribution is -2.19. The van der Waals surface area contributed by atoms with Crippen LogP contribution in [0.4, 0.5) is 0 Å². The lowest BCUT2D eigenvalue weighted by atomic mass is 9.93. The molecule has 0 heterocycles. The van der Waals surface area contributed by atoms with E-state index in [1.807, 2.05) is 26.1 Å². The van der Waals surface area contributed by atoms with Crippen LogP contribution in [0.2, 0.25) is 5.02 Å². The molecular weight excluding hydrogens is 322 g/mol. The minimum Gasteiger partial charge on any atom is -0.309 e. The van der Waals surface area contributed by atoms with Gasteiger partial charge < -0.3 is 5.32 Å². The third-order valence-corrected chi connectivity index (χ3v) is 4.49. The van der Waals surface area contributed by atoms with Gasteiger partial charge in [-0.05, 0) is 55.3 Å². The monoisotopic (exact) mass is 337 g/mol. The van der Waals surface area contributed by atoms with Crippen LogP contribution in [0.3, 0.4) is 0 Å². The topological polar surface area (TPSA) is 12.0 Å². The molecule has 0 radical (unpaired) electrons. The van der Waals surface area contributed by atoms with Gasteiger partial charge in [0.1, 0.15) is 0 Å². The summed E-state index contributed by atoms with van der Waals surface area (Å²) in [5.41, 5.74) is 4.80. The fourth-order valence-corrected chi connectivity index (χ4v) is 3.03. The van der Waals surface area contributed by atoms with Crippen LogP contribution < -0.4 is 5.32 Å². The predicted octanol–water partition coefficient (Wildman–Crippen LogP) is 5.03. The van der Waals surface area contributed by atoms with Crippen molar-refractivity contribution in [1.82, 2.24) is 5.32 Å². The maximum atomic E-state index is 6.18.